The van der Waals surface area contributed by atoms with E-state index < -0.39 is 28.9 Å². The quantitative estimate of drug-likeness (QED) is 0.480. The van der Waals surface area contributed by atoms with E-state index in [0.717, 1.165) is 12.8 Å². The molecule has 0 bridgehead atoms. The highest BCUT2D eigenvalue weighted by Crippen LogP contribution is 2.28. The Balaban J connectivity index is 1.86. The zero-order chi connectivity index (χ0) is 17.6. The Bertz CT molecular complexity index is 689. The van der Waals surface area contributed by atoms with Gasteiger partial charge in [0.2, 0.25) is 0 Å². The molecule has 1 amide bonds. The van der Waals surface area contributed by atoms with Crippen LogP contribution in [0.15, 0.2) is 24.3 Å². The van der Waals surface area contributed by atoms with Gasteiger partial charge < -0.3 is 10.1 Å². The molecule has 24 heavy (non-hydrogen) atoms. The Hall–Kier alpha value is -2.95. The van der Waals surface area contributed by atoms with Gasteiger partial charge in [-0.05, 0) is 25.7 Å². The summed E-state index contributed by atoms with van der Waals surface area (Å²) in [5, 5.41) is 22.7. The lowest BCUT2D eigenvalue weighted by Gasteiger charge is -2.21. The smallest absolute Gasteiger partial charge is 0.311 e. The van der Waals surface area contributed by atoms with E-state index in [1.165, 1.54) is 18.2 Å². The predicted molar refractivity (Wildman–Crippen MR) is 82.7 cm³/mol. The van der Waals surface area contributed by atoms with Crippen LogP contribution in [0.4, 0.5) is 5.69 Å². The first-order chi connectivity index (χ1) is 11.5. The fourth-order valence-electron chi connectivity index (χ4n) is 2.74. The number of nitrogens with zero attached hydrogens (tertiary/aromatic N) is 2. The first-order valence-corrected chi connectivity index (χ1v) is 7.56. The molecule has 126 valence electrons. The second-order valence-corrected chi connectivity index (χ2v) is 5.67. The van der Waals surface area contributed by atoms with Gasteiger partial charge in [-0.1, -0.05) is 18.2 Å². The minimum Gasteiger partial charge on any atom is -0.455 e. The number of amides is 1. The maximum absolute atomic E-state index is 11.8. The van der Waals surface area contributed by atoms with Crippen molar-refractivity contribution in [2.24, 2.45) is 0 Å². The van der Waals surface area contributed by atoms with Crippen molar-refractivity contribution in [1.29, 1.82) is 5.26 Å². The highest BCUT2D eigenvalue weighted by molar-refractivity contribution is 5.82. The van der Waals surface area contributed by atoms with Crippen molar-refractivity contribution in [3.05, 3.63) is 39.9 Å². The molecule has 0 atom stereocenters. The van der Waals surface area contributed by atoms with Crippen LogP contribution in [0.1, 0.15) is 31.2 Å². The van der Waals surface area contributed by atoms with E-state index in [2.05, 4.69) is 11.4 Å². The second kappa shape index (κ2) is 7.55. The lowest BCUT2D eigenvalue weighted by Crippen LogP contribution is -2.46. The van der Waals surface area contributed by atoms with Gasteiger partial charge in [-0.15, -0.1) is 0 Å². The van der Waals surface area contributed by atoms with Gasteiger partial charge in [-0.25, -0.2) is 0 Å². The molecule has 0 heterocycles. The molecule has 0 spiro atoms. The Morgan fingerprint density at radius 3 is 2.62 bits per heavy atom. The maximum atomic E-state index is 11.8. The number of carbonyl (C=O) groups is 2. The Labute approximate surface area is 138 Å². The van der Waals surface area contributed by atoms with E-state index in [1.807, 2.05) is 0 Å². The van der Waals surface area contributed by atoms with Crippen LogP contribution in [0.3, 0.4) is 0 Å². The molecule has 8 nitrogen and oxygen atoms in total. The SMILES string of the molecule is N#CC1(NC(=O)COC(=O)Cc2ccccc2[N+](=O)[O-])CCCC1. The van der Waals surface area contributed by atoms with Gasteiger partial charge in [0.25, 0.3) is 11.6 Å². The standard InChI is InChI=1S/C16H17N3O5/c17-11-16(7-3-4-8-16)18-14(20)10-24-15(21)9-12-5-1-2-6-13(12)19(22)23/h1-2,5-6H,3-4,7-10H2,(H,18,20). The third kappa shape index (κ3) is 4.29. The van der Waals surface area contributed by atoms with Crippen molar-refractivity contribution in [3.8, 4) is 6.07 Å². The number of nitro groups is 1. The topological polar surface area (TPSA) is 122 Å². The van der Waals surface area contributed by atoms with Gasteiger partial charge in [-0.2, -0.15) is 5.26 Å². The normalized spacial score (nSPS) is 15.3. The molecule has 1 fully saturated rings. The van der Waals surface area contributed by atoms with Gasteiger partial charge in [0.05, 0.1) is 17.4 Å². The van der Waals surface area contributed by atoms with Gasteiger partial charge in [0, 0.05) is 11.6 Å². The van der Waals surface area contributed by atoms with Crippen molar-refractivity contribution in [1.82, 2.24) is 5.32 Å². The number of nitrogens with one attached hydrogen (secondary N) is 1. The van der Waals surface area contributed by atoms with Crippen LogP contribution in [0, 0.1) is 21.4 Å². The van der Waals surface area contributed by atoms with Crippen LogP contribution in [-0.2, 0) is 20.7 Å². The Morgan fingerprint density at radius 2 is 2.00 bits per heavy atom. The van der Waals surface area contributed by atoms with Crippen LogP contribution in [0.2, 0.25) is 0 Å². The number of para-hydroxylation sites is 1. The molecule has 0 saturated heterocycles. The van der Waals surface area contributed by atoms with Crippen LogP contribution >= 0.6 is 0 Å². The average Bonchev–Trinajstić information content (AvgIpc) is 3.02. The third-order valence-electron chi connectivity index (χ3n) is 3.94. The summed E-state index contributed by atoms with van der Waals surface area (Å²) in [5.74, 6) is -1.29. The minimum atomic E-state index is -0.873. The summed E-state index contributed by atoms with van der Waals surface area (Å²) < 4.78 is 4.86. The number of hydrogen-bond donors (Lipinski definition) is 1. The predicted octanol–water partition coefficient (Wildman–Crippen LogP) is 1.63. The molecule has 8 heteroatoms. The van der Waals surface area contributed by atoms with Crippen LogP contribution in [0.25, 0.3) is 0 Å². The molecule has 1 N–H and O–H groups in total. The molecule has 1 aliphatic carbocycles. The number of nitro benzene ring substituents is 1. The van der Waals surface area contributed by atoms with Crippen molar-refractivity contribution in [3.63, 3.8) is 0 Å². The number of hydrogen-bond acceptors (Lipinski definition) is 6. The van der Waals surface area contributed by atoms with Crippen molar-refractivity contribution >= 4 is 17.6 Å². The van der Waals surface area contributed by atoms with Crippen molar-refractivity contribution in [2.45, 2.75) is 37.6 Å². The monoisotopic (exact) mass is 331 g/mol. The van der Waals surface area contributed by atoms with Crippen LogP contribution in [-0.4, -0.2) is 28.9 Å². The molecule has 1 saturated carbocycles. The summed E-state index contributed by atoms with van der Waals surface area (Å²) in [6.45, 7) is -0.511. The van der Waals surface area contributed by atoms with E-state index in [1.54, 1.807) is 6.07 Å². The number of rotatable bonds is 6. The van der Waals surface area contributed by atoms with E-state index >= 15 is 0 Å². The lowest BCUT2D eigenvalue weighted by atomic mass is 10.00. The highest BCUT2D eigenvalue weighted by atomic mass is 16.6. The summed E-state index contributed by atoms with van der Waals surface area (Å²) in [7, 11) is 0. The van der Waals surface area contributed by atoms with E-state index in [0.29, 0.717) is 12.8 Å². The molecular weight excluding hydrogens is 314 g/mol. The highest BCUT2D eigenvalue weighted by Gasteiger charge is 2.35. The van der Waals surface area contributed by atoms with Gasteiger partial charge >= 0.3 is 5.97 Å². The largest absolute Gasteiger partial charge is 0.455 e. The molecule has 0 unspecified atom stereocenters. The average molecular weight is 331 g/mol. The minimum absolute atomic E-state index is 0.173. The number of carbonyl (C=O) groups excluding carboxylic acids is 2. The zero-order valence-corrected chi connectivity index (χ0v) is 13.0. The van der Waals surface area contributed by atoms with Crippen LogP contribution < -0.4 is 5.32 Å². The fraction of sp³-hybridized carbons (Fsp3) is 0.438. The number of esters is 1. The van der Waals surface area contributed by atoms with Gasteiger partial charge in [-0.3, -0.25) is 19.7 Å². The molecule has 0 aliphatic heterocycles. The van der Waals surface area contributed by atoms with Crippen LogP contribution in [0.5, 0.6) is 0 Å². The summed E-state index contributed by atoms with van der Waals surface area (Å²) in [6, 6.07) is 7.95. The third-order valence-corrected chi connectivity index (χ3v) is 3.94. The lowest BCUT2D eigenvalue weighted by molar-refractivity contribution is -0.385. The Morgan fingerprint density at radius 1 is 1.33 bits per heavy atom. The molecular formula is C16H17N3O5. The summed E-state index contributed by atoms with van der Waals surface area (Å²) in [5.41, 5.74) is -0.827. The number of ether oxygens (including phenoxy) is 1. The first-order valence-electron chi connectivity index (χ1n) is 7.56. The molecule has 2 rings (SSSR count). The zero-order valence-electron chi connectivity index (χ0n) is 13.0. The second-order valence-electron chi connectivity index (χ2n) is 5.67. The van der Waals surface area contributed by atoms with E-state index in [-0.39, 0.29) is 17.7 Å². The van der Waals surface area contributed by atoms with Gasteiger partial charge in [0.15, 0.2) is 6.61 Å². The molecule has 0 aromatic heterocycles. The fourth-order valence-corrected chi connectivity index (χ4v) is 2.74. The maximum Gasteiger partial charge on any atom is 0.311 e. The van der Waals surface area contributed by atoms with Crippen molar-refractivity contribution in [2.75, 3.05) is 6.61 Å². The molecule has 1 aromatic rings. The van der Waals surface area contributed by atoms with Crippen molar-refractivity contribution < 1.29 is 19.2 Å². The Kier molecular flexibility index (Phi) is 5.47. The molecule has 1 aromatic carbocycles. The molecule has 0 radical (unpaired) electrons. The summed E-state index contributed by atoms with van der Waals surface area (Å²) in [6.07, 6.45) is 2.60. The molecule has 1 aliphatic rings. The number of benzene rings is 1. The summed E-state index contributed by atoms with van der Waals surface area (Å²) >= 11 is 0. The van der Waals surface area contributed by atoms with E-state index in [9.17, 15) is 25.0 Å². The summed E-state index contributed by atoms with van der Waals surface area (Å²) in [4.78, 5) is 33.9. The van der Waals surface area contributed by atoms with E-state index in [4.69, 9.17) is 4.74 Å². The first kappa shape index (κ1) is 17.4. The number of nitriles is 1. The van der Waals surface area contributed by atoms with Gasteiger partial charge in [0.1, 0.15) is 5.54 Å².